The van der Waals surface area contributed by atoms with Gasteiger partial charge in [-0.2, -0.15) is 24.3 Å². The van der Waals surface area contributed by atoms with Crippen LogP contribution in [0, 0.1) is 19.2 Å². The Balaban J connectivity index is 0.00000169. The van der Waals surface area contributed by atoms with E-state index in [0.717, 1.165) is 22.6 Å². The Morgan fingerprint density at radius 2 is 1.75 bits per heavy atom. The molecule has 2 aromatic carbocycles. The molecule has 2 aromatic rings. The van der Waals surface area contributed by atoms with Gasteiger partial charge in [-0.15, -0.1) is 11.6 Å². The number of hydrogen-bond donors (Lipinski definition) is 0. The Morgan fingerprint density at radius 3 is 2.50 bits per heavy atom. The maximum Gasteiger partial charge on any atom is 0.186 e. The van der Waals surface area contributed by atoms with Crippen molar-refractivity contribution in [3.8, 4) is 28.2 Å². The van der Waals surface area contributed by atoms with Crippen LogP contribution in [0.3, 0.4) is 0 Å². The van der Waals surface area contributed by atoms with E-state index in [2.05, 4.69) is 84.0 Å². The van der Waals surface area contributed by atoms with Crippen LogP contribution in [0.25, 0.3) is 28.2 Å². The average molecular weight is 386 g/mol. The first-order valence-corrected chi connectivity index (χ1v) is 7.71. The first kappa shape index (κ1) is 17.1. The van der Waals surface area contributed by atoms with Gasteiger partial charge >= 0.3 is 0 Å². The summed E-state index contributed by atoms with van der Waals surface area (Å²) < 4.78 is 4.30. The third kappa shape index (κ3) is 2.85. The van der Waals surface area contributed by atoms with Crippen LogP contribution >= 0.6 is 0 Å². The van der Waals surface area contributed by atoms with Gasteiger partial charge in [0.15, 0.2) is 5.82 Å². The number of hydrogen-bond acceptors (Lipinski definition) is 0. The Bertz CT molecular complexity index is 941. The largest absolute Gasteiger partial charge is 0.308 e. The predicted octanol–water partition coefficient (Wildman–Crippen LogP) is 3.98. The molecule has 0 fully saturated rings. The second kappa shape index (κ2) is 7.00. The summed E-state index contributed by atoms with van der Waals surface area (Å²) in [6.07, 6.45) is 5.64. The second-order valence-electron chi connectivity index (χ2n) is 5.74. The van der Waals surface area contributed by atoms with Gasteiger partial charge in [-0.1, -0.05) is 29.8 Å². The molecule has 0 unspecified atom stereocenters. The van der Waals surface area contributed by atoms with Crippen molar-refractivity contribution in [2.75, 3.05) is 0 Å². The summed E-state index contributed by atoms with van der Waals surface area (Å²) in [5, 5.41) is 0. The number of rotatable bonds is 2. The Hall–Kier alpha value is -1.77. The van der Waals surface area contributed by atoms with Crippen LogP contribution in [-0.2, 0) is 39.8 Å². The van der Waals surface area contributed by atoms with E-state index in [0.29, 0.717) is 0 Å². The molecule has 2 nitrogen and oxygen atoms in total. The zero-order chi connectivity index (χ0) is 15.8. The van der Waals surface area contributed by atoms with Crippen LogP contribution in [0.1, 0.15) is 5.56 Å². The van der Waals surface area contributed by atoms with E-state index in [1.165, 1.54) is 11.1 Å². The standard InChI is InChI=1S/C21H17N2.Y/c1-16-9-6-7-13-20(16)23-15-19(17-10-4-3-5-11-17)18-12-8-14-22(2)21(18)23;/h3-10,12-14H,1-2H3;/q-1;. The Morgan fingerprint density at radius 1 is 0.958 bits per heavy atom. The molecule has 0 amide bonds. The maximum atomic E-state index is 3.57. The van der Waals surface area contributed by atoms with E-state index >= 15 is 0 Å². The topological polar surface area (TPSA) is 8.81 Å². The van der Waals surface area contributed by atoms with Crippen molar-refractivity contribution < 1.29 is 37.3 Å². The SMILES string of the molecule is Cc1ccccc1-[n+]1[c-]c(-c2[c-]cccc2)c2cccn(C)c1-2.[Y]. The molecule has 3 heteroatoms. The fourth-order valence-corrected chi connectivity index (χ4v) is 3.04. The molecular weight excluding hydrogens is 369 g/mol. The minimum atomic E-state index is 0. The van der Waals surface area contributed by atoms with Gasteiger partial charge in [0.25, 0.3) is 0 Å². The monoisotopic (exact) mass is 386 g/mol. The molecule has 2 aliphatic heterocycles. The minimum Gasteiger partial charge on any atom is -0.308 e. The second-order valence-corrected chi connectivity index (χ2v) is 5.74. The van der Waals surface area contributed by atoms with Gasteiger partial charge in [-0.25, -0.2) is 5.56 Å². The molecule has 1 radical (unpaired) electrons. The summed E-state index contributed by atoms with van der Waals surface area (Å²) in [6.45, 7) is 2.13. The molecule has 4 rings (SSSR count). The third-order valence-electron chi connectivity index (χ3n) is 4.19. The number of nitrogens with zero attached hydrogens (tertiary/aromatic N) is 2. The molecule has 2 heterocycles. The molecule has 0 atom stereocenters. The molecule has 0 saturated carbocycles. The number of para-hydroxylation sites is 1. The smallest absolute Gasteiger partial charge is 0.186 e. The summed E-state index contributed by atoms with van der Waals surface area (Å²) in [5.41, 5.74) is 5.71. The van der Waals surface area contributed by atoms with Gasteiger partial charge in [0.2, 0.25) is 0 Å². The van der Waals surface area contributed by atoms with Crippen molar-refractivity contribution in [1.82, 2.24) is 4.57 Å². The quantitative estimate of drug-likeness (QED) is 0.364. The molecule has 0 bridgehead atoms. The third-order valence-corrected chi connectivity index (χ3v) is 4.19. The van der Waals surface area contributed by atoms with Crippen LogP contribution in [-0.4, -0.2) is 4.57 Å². The first-order valence-electron chi connectivity index (χ1n) is 7.71. The van der Waals surface area contributed by atoms with Crippen LogP contribution < -0.4 is 4.57 Å². The molecule has 0 N–H and O–H groups in total. The van der Waals surface area contributed by atoms with Gasteiger partial charge in [-0.05, 0) is 24.6 Å². The normalized spacial score (nSPS) is 10.6. The summed E-state index contributed by atoms with van der Waals surface area (Å²) in [7, 11) is 2.07. The number of pyridine rings is 1. The van der Waals surface area contributed by atoms with Crippen molar-refractivity contribution >= 4 is 0 Å². The zero-order valence-corrected chi connectivity index (χ0v) is 16.7. The van der Waals surface area contributed by atoms with E-state index in [4.69, 9.17) is 0 Å². The van der Waals surface area contributed by atoms with Crippen LogP contribution in [0.5, 0.6) is 0 Å². The molecule has 115 valence electrons. The summed E-state index contributed by atoms with van der Waals surface area (Å²) in [4.78, 5) is 0. The van der Waals surface area contributed by atoms with Gasteiger partial charge in [0.05, 0.1) is 18.9 Å². The molecule has 24 heavy (non-hydrogen) atoms. The fourth-order valence-electron chi connectivity index (χ4n) is 3.04. The minimum absolute atomic E-state index is 0. The van der Waals surface area contributed by atoms with Crippen molar-refractivity contribution in [3.63, 3.8) is 0 Å². The average Bonchev–Trinajstić information content (AvgIpc) is 2.97. The number of fused-ring (bicyclic) bond motifs is 1. The van der Waals surface area contributed by atoms with Crippen molar-refractivity contribution in [2.45, 2.75) is 6.92 Å². The maximum absolute atomic E-state index is 3.57. The number of aryl methyl sites for hydroxylation is 2. The number of aromatic nitrogens is 2. The Kier molecular flexibility index (Phi) is 4.98. The van der Waals surface area contributed by atoms with Crippen LogP contribution in [0.4, 0.5) is 0 Å². The molecular formula is C21H17N2Y-. The van der Waals surface area contributed by atoms with E-state index in [9.17, 15) is 0 Å². The summed E-state index contributed by atoms with van der Waals surface area (Å²) in [5.74, 6) is 1.13. The van der Waals surface area contributed by atoms with Crippen molar-refractivity contribution in [2.24, 2.45) is 7.05 Å². The molecule has 0 aromatic heterocycles. The molecule has 0 saturated heterocycles. The summed E-state index contributed by atoms with van der Waals surface area (Å²) in [6, 6.07) is 24.0. The first-order chi connectivity index (χ1) is 11.3. The molecule has 0 spiro atoms. The van der Waals surface area contributed by atoms with Crippen molar-refractivity contribution in [1.29, 1.82) is 0 Å². The summed E-state index contributed by atoms with van der Waals surface area (Å²) >= 11 is 0. The van der Waals surface area contributed by atoms with Crippen LogP contribution in [0.2, 0.25) is 0 Å². The van der Waals surface area contributed by atoms with Gasteiger partial charge in [0, 0.05) is 38.9 Å². The zero-order valence-electron chi connectivity index (χ0n) is 13.8. The van der Waals surface area contributed by atoms with E-state index in [1.807, 2.05) is 18.2 Å². The van der Waals surface area contributed by atoms with Gasteiger partial charge in [0.1, 0.15) is 0 Å². The molecule has 0 aliphatic carbocycles. The van der Waals surface area contributed by atoms with Gasteiger partial charge in [-0.3, -0.25) is 4.57 Å². The molecule has 2 aliphatic rings. The van der Waals surface area contributed by atoms with Crippen molar-refractivity contribution in [3.05, 3.63) is 84.7 Å². The van der Waals surface area contributed by atoms with Crippen LogP contribution in [0.15, 0.2) is 66.9 Å². The Labute approximate surface area is 168 Å². The predicted molar refractivity (Wildman–Crippen MR) is 91.4 cm³/mol. The number of benzene rings is 2. The van der Waals surface area contributed by atoms with E-state index in [1.54, 1.807) is 0 Å². The van der Waals surface area contributed by atoms with E-state index in [-0.39, 0.29) is 32.7 Å². The fraction of sp³-hybridized carbons (Fsp3) is 0.0952. The van der Waals surface area contributed by atoms with Gasteiger partial charge < -0.3 is 4.57 Å². The van der Waals surface area contributed by atoms with E-state index < -0.39 is 0 Å².